The molecule has 2 heterocycles. The molecule has 31 heavy (non-hydrogen) atoms. The maximum atomic E-state index is 12.9. The number of ether oxygens (including phenoxy) is 1. The van der Waals surface area contributed by atoms with Crippen LogP contribution in [0, 0.1) is 0 Å². The number of hydrogen-bond acceptors (Lipinski definition) is 6. The van der Waals surface area contributed by atoms with E-state index in [-0.39, 0.29) is 11.8 Å². The summed E-state index contributed by atoms with van der Waals surface area (Å²) in [5, 5.41) is 8.89. The molecular weight excluding hydrogens is 408 g/mol. The van der Waals surface area contributed by atoms with Crippen LogP contribution < -0.4 is 10.1 Å². The van der Waals surface area contributed by atoms with Gasteiger partial charge in [-0.1, -0.05) is 54.2 Å². The molecule has 3 aromatic rings. The normalized spacial score (nSPS) is 17.7. The molecule has 2 aromatic carbocycles. The van der Waals surface area contributed by atoms with Crippen molar-refractivity contribution >= 4 is 23.5 Å². The maximum Gasteiger partial charge on any atom is 0.227 e. The third kappa shape index (κ3) is 3.97. The molecule has 158 valence electrons. The van der Waals surface area contributed by atoms with Gasteiger partial charge in [0, 0.05) is 23.4 Å². The number of thioether (sulfide) groups is 1. The van der Waals surface area contributed by atoms with Gasteiger partial charge in [0.15, 0.2) is 5.78 Å². The average Bonchev–Trinajstić information content (AvgIpc) is 3.21. The molecule has 0 amide bonds. The molecule has 0 fully saturated rings. The van der Waals surface area contributed by atoms with Crippen LogP contribution >= 0.6 is 11.8 Å². The van der Waals surface area contributed by atoms with Crippen molar-refractivity contribution in [1.82, 2.24) is 14.8 Å². The van der Waals surface area contributed by atoms with E-state index in [1.54, 1.807) is 11.8 Å². The van der Waals surface area contributed by atoms with Gasteiger partial charge in [-0.25, -0.2) is 4.68 Å². The number of nitrogens with one attached hydrogen (secondary N) is 1. The van der Waals surface area contributed by atoms with Crippen molar-refractivity contribution in [3.63, 3.8) is 0 Å². The zero-order valence-corrected chi connectivity index (χ0v) is 18.2. The van der Waals surface area contributed by atoms with Crippen LogP contribution in [0.5, 0.6) is 5.75 Å². The van der Waals surface area contributed by atoms with Crippen molar-refractivity contribution in [1.29, 1.82) is 0 Å². The number of nitrogens with zero attached hydrogens (tertiary/aromatic N) is 3. The number of allylic oxidation sites excluding steroid dienone is 2. The molecular formula is C24H24N4O2S. The van der Waals surface area contributed by atoms with Gasteiger partial charge in [0.05, 0.1) is 6.61 Å². The molecule has 0 saturated heterocycles. The van der Waals surface area contributed by atoms with E-state index in [2.05, 4.69) is 17.4 Å². The van der Waals surface area contributed by atoms with Crippen molar-refractivity contribution in [3.8, 4) is 5.75 Å². The standard InChI is InChI=1S/C24H24N4O2S/c1-2-30-18-13-11-17(12-14-18)22-21-19(9-6-10-20(21)29)25-23-26-24(27-28(22)23)31-15-16-7-4-3-5-8-16/h3-5,7-8,11-14,22H,2,6,9-10,15H2,1H3,(H,25,26,27)/t22-/m1/s1. The molecule has 0 spiro atoms. The molecule has 1 atom stereocenters. The number of carbonyl (C=O) groups excluding carboxylic acids is 1. The highest BCUT2D eigenvalue weighted by Gasteiger charge is 2.36. The monoisotopic (exact) mass is 432 g/mol. The fourth-order valence-electron chi connectivity index (χ4n) is 4.14. The Morgan fingerprint density at radius 1 is 1.13 bits per heavy atom. The van der Waals surface area contributed by atoms with Gasteiger partial charge < -0.3 is 10.1 Å². The third-order valence-electron chi connectivity index (χ3n) is 5.57. The van der Waals surface area contributed by atoms with Gasteiger partial charge in [-0.15, -0.1) is 5.10 Å². The van der Waals surface area contributed by atoms with Crippen LogP contribution in [0.15, 0.2) is 71.0 Å². The van der Waals surface area contributed by atoms with Crippen LogP contribution in [0.25, 0.3) is 0 Å². The molecule has 2 aliphatic rings. The molecule has 5 rings (SSSR count). The highest BCUT2D eigenvalue weighted by Crippen LogP contribution is 2.41. The van der Waals surface area contributed by atoms with Crippen molar-refractivity contribution in [3.05, 3.63) is 77.0 Å². The van der Waals surface area contributed by atoms with Crippen LogP contribution in [-0.2, 0) is 10.5 Å². The van der Waals surface area contributed by atoms with E-state index in [4.69, 9.17) is 14.8 Å². The minimum absolute atomic E-state index is 0.187. The van der Waals surface area contributed by atoms with Gasteiger partial charge in [-0.2, -0.15) is 4.98 Å². The predicted molar refractivity (Wildman–Crippen MR) is 121 cm³/mol. The number of anilines is 1. The van der Waals surface area contributed by atoms with E-state index in [1.807, 2.05) is 54.1 Å². The van der Waals surface area contributed by atoms with Crippen molar-refractivity contribution < 1.29 is 9.53 Å². The largest absolute Gasteiger partial charge is 0.494 e. The first kappa shape index (κ1) is 19.9. The highest BCUT2D eigenvalue weighted by atomic mass is 32.2. The van der Waals surface area contributed by atoms with E-state index in [0.717, 1.165) is 41.2 Å². The van der Waals surface area contributed by atoms with Crippen LogP contribution in [0.1, 0.15) is 43.4 Å². The summed E-state index contributed by atoms with van der Waals surface area (Å²) in [6, 6.07) is 18.0. The summed E-state index contributed by atoms with van der Waals surface area (Å²) in [5.41, 5.74) is 4.03. The van der Waals surface area contributed by atoms with E-state index < -0.39 is 0 Å². The summed E-state index contributed by atoms with van der Waals surface area (Å²) < 4.78 is 7.46. The number of hydrogen-bond donors (Lipinski definition) is 1. The Labute approximate surface area is 185 Å². The van der Waals surface area contributed by atoms with Crippen LogP contribution in [0.4, 0.5) is 5.95 Å². The second-order valence-electron chi connectivity index (χ2n) is 7.64. The number of aromatic nitrogens is 3. The third-order valence-corrected chi connectivity index (χ3v) is 6.48. The lowest BCUT2D eigenvalue weighted by Crippen LogP contribution is -2.31. The zero-order chi connectivity index (χ0) is 21.2. The topological polar surface area (TPSA) is 69.0 Å². The van der Waals surface area contributed by atoms with Crippen molar-refractivity contribution in [2.75, 3.05) is 11.9 Å². The van der Waals surface area contributed by atoms with E-state index in [9.17, 15) is 4.79 Å². The quantitative estimate of drug-likeness (QED) is 0.554. The molecule has 0 radical (unpaired) electrons. The van der Waals surface area contributed by atoms with Gasteiger partial charge >= 0.3 is 0 Å². The molecule has 1 aliphatic heterocycles. The molecule has 6 nitrogen and oxygen atoms in total. The van der Waals surface area contributed by atoms with Gasteiger partial charge in [0.25, 0.3) is 0 Å². The number of fused-ring (bicyclic) bond motifs is 1. The van der Waals surface area contributed by atoms with Crippen LogP contribution in [-0.4, -0.2) is 27.2 Å². The first-order valence-electron chi connectivity index (χ1n) is 10.6. The maximum absolute atomic E-state index is 12.9. The second kappa shape index (κ2) is 8.59. The minimum atomic E-state index is -0.270. The molecule has 0 bridgehead atoms. The fraction of sp³-hybridized carbons (Fsp3) is 0.292. The van der Waals surface area contributed by atoms with Gasteiger partial charge in [0.2, 0.25) is 11.1 Å². The van der Waals surface area contributed by atoms with Crippen molar-refractivity contribution in [2.45, 2.75) is 43.1 Å². The first-order valence-corrected chi connectivity index (χ1v) is 11.6. The molecule has 1 aromatic heterocycles. The summed E-state index contributed by atoms with van der Waals surface area (Å²) >= 11 is 1.60. The molecule has 1 aliphatic carbocycles. The number of carbonyl (C=O) groups is 1. The molecule has 0 saturated carbocycles. The Hall–Kier alpha value is -3.06. The highest BCUT2D eigenvalue weighted by molar-refractivity contribution is 7.98. The second-order valence-corrected chi connectivity index (χ2v) is 8.58. The summed E-state index contributed by atoms with van der Waals surface area (Å²) in [7, 11) is 0. The van der Waals surface area contributed by atoms with Crippen LogP contribution in [0.3, 0.4) is 0 Å². The summed E-state index contributed by atoms with van der Waals surface area (Å²) in [5.74, 6) is 2.50. The lowest BCUT2D eigenvalue weighted by Gasteiger charge is -2.32. The summed E-state index contributed by atoms with van der Waals surface area (Å²) in [4.78, 5) is 17.7. The fourth-order valence-corrected chi connectivity index (χ4v) is 4.93. The van der Waals surface area contributed by atoms with Gasteiger partial charge in [0.1, 0.15) is 11.8 Å². The van der Waals surface area contributed by atoms with Gasteiger partial charge in [-0.05, 0) is 43.0 Å². The van der Waals surface area contributed by atoms with Crippen molar-refractivity contribution in [2.24, 2.45) is 0 Å². The molecule has 1 N–H and O–H groups in total. The summed E-state index contributed by atoms with van der Waals surface area (Å²) in [6.07, 6.45) is 2.30. The van der Waals surface area contributed by atoms with E-state index >= 15 is 0 Å². The number of ketones is 1. The first-order chi connectivity index (χ1) is 15.2. The van der Waals surface area contributed by atoms with E-state index in [1.165, 1.54) is 5.56 Å². The Kier molecular flexibility index (Phi) is 5.51. The Morgan fingerprint density at radius 3 is 2.71 bits per heavy atom. The van der Waals surface area contributed by atoms with Crippen LogP contribution in [0.2, 0.25) is 0 Å². The molecule has 0 unspecified atom stereocenters. The number of Topliss-reactive ketones (excluding diaryl/α,β-unsaturated/α-hetero) is 1. The average molecular weight is 433 g/mol. The number of rotatable bonds is 6. The SMILES string of the molecule is CCOc1ccc([C@@H]2C3=C(CCCC3=O)Nc3nc(SCc4ccccc4)nn32)cc1. The lowest BCUT2D eigenvalue weighted by molar-refractivity contribution is -0.116. The Morgan fingerprint density at radius 2 is 1.94 bits per heavy atom. The smallest absolute Gasteiger partial charge is 0.227 e. The lowest BCUT2D eigenvalue weighted by atomic mass is 9.85. The summed E-state index contributed by atoms with van der Waals surface area (Å²) in [6.45, 7) is 2.59. The Bertz CT molecular complexity index is 1120. The predicted octanol–water partition coefficient (Wildman–Crippen LogP) is 4.99. The van der Waals surface area contributed by atoms with Gasteiger partial charge in [-0.3, -0.25) is 4.79 Å². The minimum Gasteiger partial charge on any atom is -0.494 e. The van der Waals surface area contributed by atoms with E-state index in [0.29, 0.717) is 24.1 Å². The molecule has 7 heteroatoms. The number of benzene rings is 2. The Balaban J connectivity index is 1.49. The zero-order valence-electron chi connectivity index (χ0n) is 17.4.